The molecule has 0 saturated heterocycles. The average Bonchev–Trinajstić information content (AvgIpc) is 2.50. The second-order valence-corrected chi connectivity index (χ2v) is 5.58. The maximum Gasteiger partial charge on any atom is 0.0628 e. The van der Waals surface area contributed by atoms with Gasteiger partial charge in [0.05, 0.1) is 6.61 Å². The fraction of sp³-hybridized carbons (Fsp3) is 0.647. The van der Waals surface area contributed by atoms with Crippen LogP contribution in [0.5, 0.6) is 0 Å². The third-order valence-corrected chi connectivity index (χ3v) is 4.60. The predicted octanol–water partition coefficient (Wildman–Crippen LogP) is 3.51. The quantitative estimate of drug-likeness (QED) is 0.846. The smallest absolute Gasteiger partial charge is 0.0628 e. The van der Waals surface area contributed by atoms with Crippen molar-refractivity contribution >= 4 is 0 Å². The number of ether oxygens (including phenoxy) is 1. The molecule has 1 atom stereocenters. The van der Waals surface area contributed by atoms with Crippen molar-refractivity contribution in [3.63, 3.8) is 0 Å². The molecule has 1 aromatic carbocycles. The molecule has 106 valence electrons. The Morgan fingerprint density at radius 3 is 2.42 bits per heavy atom. The molecule has 1 fully saturated rings. The lowest BCUT2D eigenvalue weighted by Crippen LogP contribution is -2.51. The van der Waals surface area contributed by atoms with Gasteiger partial charge >= 0.3 is 0 Å². The normalized spacial score (nSPS) is 20.1. The van der Waals surface area contributed by atoms with Gasteiger partial charge in [0.25, 0.3) is 0 Å². The largest absolute Gasteiger partial charge is 0.380 e. The Hall–Kier alpha value is -0.860. The summed E-state index contributed by atoms with van der Waals surface area (Å²) in [5.74, 6) is 0. The molecule has 2 heteroatoms. The van der Waals surface area contributed by atoms with Crippen molar-refractivity contribution in [1.82, 2.24) is 5.32 Å². The van der Waals surface area contributed by atoms with Crippen LogP contribution in [0.4, 0.5) is 0 Å². The first-order valence-corrected chi connectivity index (χ1v) is 7.64. The fourth-order valence-corrected chi connectivity index (χ4v) is 3.55. The second kappa shape index (κ2) is 7.06. The summed E-state index contributed by atoms with van der Waals surface area (Å²) >= 11 is 0. The van der Waals surface area contributed by atoms with Gasteiger partial charge in [-0.15, -0.1) is 0 Å². The van der Waals surface area contributed by atoms with Crippen LogP contribution in [-0.4, -0.2) is 26.3 Å². The first kappa shape index (κ1) is 14.5. The highest BCUT2D eigenvalue weighted by atomic mass is 16.5. The summed E-state index contributed by atoms with van der Waals surface area (Å²) in [6, 6.07) is 11.4. The van der Waals surface area contributed by atoms with Gasteiger partial charge in [0.15, 0.2) is 0 Å². The van der Waals surface area contributed by atoms with E-state index in [1.807, 2.05) is 0 Å². The molecule has 0 aliphatic heterocycles. The molecule has 1 aromatic rings. The van der Waals surface area contributed by atoms with E-state index in [2.05, 4.69) is 49.6 Å². The Kier molecular flexibility index (Phi) is 5.41. The summed E-state index contributed by atoms with van der Waals surface area (Å²) in [7, 11) is 2.07. The molecule has 1 aliphatic rings. The molecule has 2 nitrogen and oxygen atoms in total. The highest BCUT2D eigenvalue weighted by molar-refractivity contribution is 5.28. The zero-order chi connectivity index (χ0) is 13.6. The van der Waals surface area contributed by atoms with Crippen LogP contribution >= 0.6 is 0 Å². The van der Waals surface area contributed by atoms with Gasteiger partial charge in [-0.05, 0) is 32.4 Å². The molecule has 0 heterocycles. The number of nitrogens with one attached hydrogen (secondary N) is 1. The van der Waals surface area contributed by atoms with Crippen LogP contribution < -0.4 is 5.32 Å². The zero-order valence-electron chi connectivity index (χ0n) is 12.3. The summed E-state index contributed by atoms with van der Waals surface area (Å²) in [4.78, 5) is 0. The van der Waals surface area contributed by atoms with E-state index in [1.165, 1.54) is 37.7 Å². The number of hydrogen-bond acceptors (Lipinski definition) is 2. The summed E-state index contributed by atoms with van der Waals surface area (Å²) in [6.07, 6.45) is 6.59. The van der Waals surface area contributed by atoms with E-state index in [-0.39, 0.29) is 5.41 Å². The molecule has 0 amide bonds. The summed E-state index contributed by atoms with van der Waals surface area (Å²) in [5.41, 5.74) is 1.73. The first-order chi connectivity index (χ1) is 9.33. The minimum atomic E-state index is 0.253. The molecule has 19 heavy (non-hydrogen) atoms. The van der Waals surface area contributed by atoms with E-state index in [0.717, 1.165) is 13.2 Å². The average molecular weight is 261 g/mol. The van der Waals surface area contributed by atoms with E-state index < -0.39 is 0 Å². The van der Waals surface area contributed by atoms with Gasteiger partial charge in [0.2, 0.25) is 0 Å². The van der Waals surface area contributed by atoms with Gasteiger partial charge in [0.1, 0.15) is 0 Å². The van der Waals surface area contributed by atoms with Crippen molar-refractivity contribution in [2.45, 2.75) is 50.5 Å². The summed E-state index contributed by atoms with van der Waals surface area (Å²) < 4.78 is 5.72. The van der Waals surface area contributed by atoms with Crippen LogP contribution in [0.2, 0.25) is 0 Å². The van der Waals surface area contributed by atoms with Crippen LogP contribution in [0.25, 0.3) is 0 Å². The summed E-state index contributed by atoms with van der Waals surface area (Å²) in [6.45, 7) is 3.67. The Morgan fingerprint density at radius 2 is 1.84 bits per heavy atom. The topological polar surface area (TPSA) is 21.3 Å². The molecule has 1 unspecified atom stereocenters. The Balaban J connectivity index is 2.27. The minimum absolute atomic E-state index is 0.253. The van der Waals surface area contributed by atoms with Crippen LogP contribution in [0.15, 0.2) is 30.3 Å². The lowest BCUT2D eigenvalue weighted by molar-refractivity contribution is 0.0809. The van der Waals surface area contributed by atoms with E-state index in [9.17, 15) is 0 Å². The molecule has 0 aromatic heterocycles. The van der Waals surface area contributed by atoms with Gasteiger partial charge in [-0.3, -0.25) is 0 Å². The van der Waals surface area contributed by atoms with Crippen LogP contribution in [0.1, 0.15) is 44.6 Å². The number of rotatable bonds is 6. The maximum absolute atomic E-state index is 5.72. The van der Waals surface area contributed by atoms with Crippen molar-refractivity contribution in [1.29, 1.82) is 0 Å². The van der Waals surface area contributed by atoms with Gasteiger partial charge < -0.3 is 10.1 Å². The molecule has 0 spiro atoms. The van der Waals surface area contributed by atoms with Crippen molar-refractivity contribution < 1.29 is 4.74 Å². The van der Waals surface area contributed by atoms with Gasteiger partial charge in [-0.25, -0.2) is 0 Å². The SMILES string of the molecule is CCOCC(NC)C1(c2ccccc2)CCCCC1. The first-order valence-electron chi connectivity index (χ1n) is 7.64. The van der Waals surface area contributed by atoms with Crippen molar-refractivity contribution in [3.8, 4) is 0 Å². The second-order valence-electron chi connectivity index (χ2n) is 5.58. The third-order valence-electron chi connectivity index (χ3n) is 4.60. The molecule has 1 saturated carbocycles. The predicted molar refractivity (Wildman–Crippen MR) is 80.5 cm³/mol. The van der Waals surface area contributed by atoms with Crippen molar-refractivity contribution in [2.75, 3.05) is 20.3 Å². The maximum atomic E-state index is 5.72. The monoisotopic (exact) mass is 261 g/mol. The van der Waals surface area contributed by atoms with Gasteiger partial charge in [-0.2, -0.15) is 0 Å². The number of hydrogen-bond donors (Lipinski definition) is 1. The van der Waals surface area contributed by atoms with Crippen LogP contribution in [0, 0.1) is 0 Å². The van der Waals surface area contributed by atoms with E-state index in [0.29, 0.717) is 6.04 Å². The molecule has 0 bridgehead atoms. The zero-order valence-corrected chi connectivity index (χ0v) is 12.3. The standard InChI is InChI=1S/C17H27NO/c1-3-19-14-16(18-2)17(12-8-5-9-13-17)15-10-6-4-7-11-15/h4,6-7,10-11,16,18H,3,5,8-9,12-14H2,1-2H3. The van der Waals surface area contributed by atoms with Gasteiger partial charge in [-0.1, -0.05) is 49.6 Å². The van der Waals surface area contributed by atoms with E-state index in [4.69, 9.17) is 4.74 Å². The van der Waals surface area contributed by atoms with E-state index >= 15 is 0 Å². The Labute approximate surface area is 117 Å². The van der Waals surface area contributed by atoms with Crippen LogP contribution in [-0.2, 0) is 10.2 Å². The van der Waals surface area contributed by atoms with Gasteiger partial charge in [0, 0.05) is 18.1 Å². The molecule has 1 N–H and O–H groups in total. The third kappa shape index (κ3) is 3.18. The molecule has 1 aliphatic carbocycles. The number of likely N-dealkylation sites (N-methyl/N-ethyl adjacent to an activating group) is 1. The molecule has 2 rings (SSSR count). The lowest BCUT2D eigenvalue weighted by Gasteiger charge is -2.44. The Morgan fingerprint density at radius 1 is 1.16 bits per heavy atom. The van der Waals surface area contributed by atoms with E-state index in [1.54, 1.807) is 0 Å². The lowest BCUT2D eigenvalue weighted by atomic mass is 9.65. The fourth-order valence-electron chi connectivity index (χ4n) is 3.55. The minimum Gasteiger partial charge on any atom is -0.380 e. The molecular weight excluding hydrogens is 234 g/mol. The molecule has 0 radical (unpaired) electrons. The summed E-state index contributed by atoms with van der Waals surface area (Å²) in [5, 5.41) is 3.52. The van der Waals surface area contributed by atoms with Crippen molar-refractivity contribution in [3.05, 3.63) is 35.9 Å². The molecular formula is C17H27NO. The highest BCUT2D eigenvalue weighted by Crippen LogP contribution is 2.42. The Bertz CT molecular complexity index is 357. The number of benzene rings is 1. The van der Waals surface area contributed by atoms with Crippen LogP contribution in [0.3, 0.4) is 0 Å². The van der Waals surface area contributed by atoms with Crippen molar-refractivity contribution in [2.24, 2.45) is 0 Å². The highest BCUT2D eigenvalue weighted by Gasteiger charge is 2.40.